The van der Waals surface area contributed by atoms with Crippen LogP contribution in [0, 0.1) is 11.7 Å². The Balaban J connectivity index is 2.18. The summed E-state index contributed by atoms with van der Waals surface area (Å²) in [5.41, 5.74) is 3.30. The van der Waals surface area contributed by atoms with Crippen molar-refractivity contribution in [2.75, 3.05) is 20.7 Å². The van der Waals surface area contributed by atoms with Crippen LogP contribution in [0.25, 0.3) is 11.3 Å². The molecule has 2 aromatic rings. The van der Waals surface area contributed by atoms with Gasteiger partial charge in [0.25, 0.3) is 0 Å². The van der Waals surface area contributed by atoms with Gasteiger partial charge in [0.1, 0.15) is 5.82 Å². The van der Waals surface area contributed by atoms with Crippen molar-refractivity contribution in [2.45, 2.75) is 39.4 Å². The van der Waals surface area contributed by atoms with E-state index in [1.165, 1.54) is 11.6 Å². The first-order chi connectivity index (χ1) is 12.3. The predicted octanol–water partition coefficient (Wildman–Crippen LogP) is 3.62. The van der Waals surface area contributed by atoms with Crippen LogP contribution in [0.1, 0.15) is 38.1 Å². The van der Waals surface area contributed by atoms with Crippen LogP contribution in [-0.2, 0) is 6.54 Å². The van der Waals surface area contributed by atoms with Crippen molar-refractivity contribution in [3.8, 4) is 11.3 Å². The van der Waals surface area contributed by atoms with Crippen molar-refractivity contribution >= 4 is 0 Å². The summed E-state index contributed by atoms with van der Waals surface area (Å²) in [4.78, 5) is 6.64. The number of halogens is 1. The fourth-order valence-electron chi connectivity index (χ4n) is 2.74. The molecule has 4 nitrogen and oxygen atoms in total. The highest BCUT2D eigenvalue weighted by Gasteiger charge is 2.14. The van der Waals surface area contributed by atoms with E-state index in [4.69, 9.17) is 0 Å². The van der Waals surface area contributed by atoms with Gasteiger partial charge in [0.2, 0.25) is 0 Å². The van der Waals surface area contributed by atoms with E-state index < -0.39 is 0 Å². The Bertz CT molecular complexity index is 701. The first kappa shape index (κ1) is 20.5. The number of rotatable bonds is 8. The van der Waals surface area contributed by atoms with Crippen LogP contribution in [0.3, 0.4) is 0 Å². The molecule has 26 heavy (non-hydrogen) atoms. The Morgan fingerprint density at radius 2 is 1.73 bits per heavy atom. The number of hydrogen-bond acceptors (Lipinski definition) is 4. The maximum Gasteiger partial charge on any atom is 0.146 e. The summed E-state index contributed by atoms with van der Waals surface area (Å²) in [7, 11) is 4.10. The van der Waals surface area contributed by atoms with E-state index in [0.29, 0.717) is 18.3 Å². The van der Waals surface area contributed by atoms with E-state index in [2.05, 4.69) is 48.4 Å². The number of pyridine rings is 1. The number of nitrogens with zero attached hydrogens (tertiary/aromatic N) is 2. The molecule has 0 fully saturated rings. The molecular weight excluding hydrogens is 329 g/mol. The summed E-state index contributed by atoms with van der Waals surface area (Å²) < 4.78 is 14.1. The largest absolute Gasteiger partial charge is 0.395 e. The van der Waals surface area contributed by atoms with Crippen molar-refractivity contribution in [1.82, 2.24) is 15.2 Å². The van der Waals surface area contributed by atoms with E-state index >= 15 is 0 Å². The zero-order chi connectivity index (χ0) is 19.3. The topological polar surface area (TPSA) is 48.4 Å². The van der Waals surface area contributed by atoms with Gasteiger partial charge in [-0.25, -0.2) is 9.37 Å². The van der Waals surface area contributed by atoms with Gasteiger partial charge >= 0.3 is 0 Å². The molecule has 0 aliphatic heterocycles. The third kappa shape index (κ3) is 5.10. The minimum atomic E-state index is -0.334. The molecule has 1 heterocycles. The van der Waals surface area contributed by atoms with Gasteiger partial charge in [-0.05, 0) is 44.6 Å². The van der Waals surface area contributed by atoms with Crippen LogP contribution in [-0.4, -0.2) is 41.7 Å². The standard InChI is InChI=1S/C21H30FN3O/c1-14(2)21(13-26)23-12-20-18(22)10-11-19(24-20)17-8-6-16(7-9-17)15(3)25(4)5/h6-11,14-15,21,23,26H,12-13H2,1-5H3/t15?,21-/m0/s1. The fourth-order valence-corrected chi connectivity index (χ4v) is 2.74. The van der Waals surface area contributed by atoms with Crippen LogP contribution < -0.4 is 5.32 Å². The Hall–Kier alpha value is -1.82. The molecule has 0 saturated carbocycles. The molecule has 0 saturated heterocycles. The van der Waals surface area contributed by atoms with Gasteiger partial charge in [-0.15, -0.1) is 0 Å². The average Bonchev–Trinajstić information content (AvgIpc) is 2.62. The minimum absolute atomic E-state index is 0.0184. The van der Waals surface area contributed by atoms with E-state index in [0.717, 1.165) is 11.3 Å². The number of nitrogens with one attached hydrogen (secondary N) is 1. The molecule has 2 atom stereocenters. The lowest BCUT2D eigenvalue weighted by Crippen LogP contribution is -2.36. The maximum absolute atomic E-state index is 14.1. The van der Waals surface area contributed by atoms with Crippen LogP contribution in [0.2, 0.25) is 0 Å². The van der Waals surface area contributed by atoms with Gasteiger partial charge in [0.15, 0.2) is 0 Å². The van der Waals surface area contributed by atoms with Crippen molar-refractivity contribution in [2.24, 2.45) is 5.92 Å². The average molecular weight is 359 g/mol. The molecule has 2 N–H and O–H groups in total. The SMILES string of the molecule is CC(C)[C@H](CO)NCc1nc(-c2ccc(C(C)N(C)C)cc2)ccc1F. The molecule has 2 rings (SSSR count). The van der Waals surface area contributed by atoms with Gasteiger partial charge in [0, 0.05) is 24.2 Å². The van der Waals surface area contributed by atoms with Crippen molar-refractivity contribution in [3.05, 3.63) is 53.5 Å². The molecular formula is C21H30FN3O. The van der Waals surface area contributed by atoms with E-state index in [-0.39, 0.29) is 24.4 Å². The number of aliphatic hydroxyl groups is 1. The van der Waals surface area contributed by atoms with Crippen LogP contribution in [0.15, 0.2) is 36.4 Å². The summed E-state index contributed by atoms with van der Waals surface area (Å²) in [6.07, 6.45) is 0. The van der Waals surface area contributed by atoms with Crippen molar-refractivity contribution in [1.29, 1.82) is 0 Å². The summed E-state index contributed by atoms with van der Waals surface area (Å²) in [6.45, 7) is 6.50. The second kappa shape index (κ2) is 9.21. The molecule has 1 aromatic carbocycles. The number of hydrogen-bond donors (Lipinski definition) is 2. The molecule has 0 amide bonds. The first-order valence-corrected chi connectivity index (χ1v) is 9.10. The van der Waals surface area contributed by atoms with Crippen molar-refractivity contribution in [3.63, 3.8) is 0 Å². The summed E-state index contributed by atoms with van der Waals surface area (Å²) in [5.74, 6) is -0.0722. The molecule has 1 aromatic heterocycles. The summed E-state index contributed by atoms with van der Waals surface area (Å²) in [6, 6.07) is 11.6. The van der Waals surface area contributed by atoms with Gasteiger partial charge in [-0.2, -0.15) is 0 Å². The first-order valence-electron chi connectivity index (χ1n) is 9.10. The zero-order valence-electron chi connectivity index (χ0n) is 16.3. The normalized spacial score (nSPS) is 14.0. The highest BCUT2D eigenvalue weighted by atomic mass is 19.1. The monoisotopic (exact) mass is 359 g/mol. The Kier molecular flexibility index (Phi) is 7.26. The number of aliphatic hydroxyl groups excluding tert-OH is 1. The Morgan fingerprint density at radius 3 is 2.27 bits per heavy atom. The molecule has 0 aliphatic rings. The smallest absolute Gasteiger partial charge is 0.146 e. The maximum atomic E-state index is 14.1. The summed E-state index contributed by atoms with van der Waals surface area (Å²) in [5, 5.41) is 12.6. The van der Waals surface area contributed by atoms with Crippen LogP contribution in [0.4, 0.5) is 4.39 Å². The third-order valence-electron chi connectivity index (χ3n) is 4.92. The van der Waals surface area contributed by atoms with Crippen LogP contribution in [0.5, 0.6) is 0 Å². The second-order valence-corrected chi connectivity index (χ2v) is 7.30. The Labute approximate surface area is 156 Å². The molecule has 5 heteroatoms. The lowest BCUT2D eigenvalue weighted by Gasteiger charge is -2.20. The quantitative estimate of drug-likeness (QED) is 0.756. The third-order valence-corrected chi connectivity index (χ3v) is 4.92. The lowest BCUT2D eigenvalue weighted by atomic mass is 10.0. The molecule has 0 aliphatic carbocycles. The summed E-state index contributed by atoms with van der Waals surface area (Å²) >= 11 is 0. The fraction of sp³-hybridized carbons (Fsp3) is 0.476. The molecule has 1 unspecified atom stereocenters. The lowest BCUT2D eigenvalue weighted by molar-refractivity contribution is 0.209. The Morgan fingerprint density at radius 1 is 1.08 bits per heavy atom. The van der Waals surface area contributed by atoms with Gasteiger partial charge in [-0.3, -0.25) is 0 Å². The van der Waals surface area contributed by atoms with Gasteiger partial charge in [0.05, 0.1) is 18.0 Å². The highest BCUT2D eigenvalue weighted by molar-refractivity contribution is 5.59. The molecule has 142 valence electrons. The molecule has 0 bridgehead atoms. The zero-order valence-corrected chi connectivity index (χ0v) is 16.3. The molecule has 0 spiro atoms. The minimum Gasteiger partial charge on any atom is -0.395 e. The second-order valence-electron chi connectivity index (χ2n) is 7.30. The van der Waals surface area contributed by atoms with E-state index in [1.54, 1.807) is 6.07 Å². The van der Waals surface area contributed by atoms with Crippen LogP contribution >= 0.6 is 0 Å². The highest BCUT2D eigenvalue weighted by Crippen LogP contribution is 2.23. The predicted molar refractivity (Wildman–Crippen MR) is 104 cm³/mol. The van der Waals surface area contributed by atoms with Crippen molar-refractivity contribution < 1.29 is 9.50 Å². The van der Waals surface area contributed by atoms with E-state index in [9.17, 15) is 9.50 Å². The number of benzene rings is 1. The number of aromatic nitrogens is 1. The van der Waals surface area contributed by atoms with Gasteiger partial charge in [-0.1, -0.05) is 38.1 Å². The molecule has 0 radical (unpaired) electrons. The van der Waals surface area contributed by atoms with E-state index in [1.807, 2.05) is 26.0 Å². The van der Waals surface area contributed by atoms with Gasteiger partial charge < -0.3 is 15.3 Å².